The minimum Gasteiger partial charge on any atom is -0.341 e. The molecule has 0 N–H and O–H groups in total. The second-order valence-electron chi connectivity index (χ2n) is 6.81. The van der Waals surface area contributed by atoms with E-state index in [9.17, 15) is 4.79 Å². The molecule has 3 nitrogen and oxygen atoms in total. The summed E-state index contributed by atoms with van der Waals surface area (Å²) in [6.07, 6.45) is 2.37. The lowest BCUT2D eigenvalue weighted by atomic mass is 9.91. The monoisotopic (exact) mass is 286 g/mol. The molecule has 0 saturated carbocycles. The minimum absolute atomic E-state index is 0.133. The van der Waals surface area contributed by atoms with Crippen molar-refractivity contribution in [3.05, 3.63) is 35.9 Å². The van der Waals surface area contributed by atoms with Crippen LogP contribution in [0.25, 0.3) is 0 Å². The van der Waals surface area contributed by atoms with Crippen LogP contribution in [-0.4, -0.2) is 47.9 Å². The molecule has 0 radical (unpaired) electrons. The molecule has 2 aliphatic rings. The van der Waals surface area contributed by atoms with Crippen molar-refractivity contribution >= 4 is 5.91 Å². The number of benzene rings is 1. The van der Waals surface area contributed by atoms with Crippen molar-refractivity contribution in [2.45, 2.75) is 32.7 Å². The molecule has 2 heterocycles. The van der Waals surface area contributed by atoms with Gasteiger partial charge in [0.1, 0.15) is 0 Å². The molecule has 3 rings (SSSR count). The van der Waals surface area contributed by atoms with Gasteiger partial charge in [0.15, 0.2) is 0 Å². The zero-order valence-electron chi connectivity index (χ0n) is 13.2. The Morgan fingerprint density at radius 2 is 1.95 bits per heavy atom. The highest BCUT2D eigenvalue weighted by Crippen LogP contribution is 2.33. The van der Waals surface area contributed by atoms with E-state index >= 15 is 0 Å². The van der Waals surface area contributed by atoms with Crippen LogP contribution in [0.4, 0.5) is 0 Å². The van der Waals surface area contributed by atoms with E-state index in [2.05, 4.69) is 40.1 Å². The minimum atomic E-state index is 0.133. The molecular formula is C18H26N2O. The standard InChI is InChI=1S/C18H26N2O/c1-14(2)18(21)20-12-16-11-19(17(16)13-20)10-6-9-15-7-4-3-5-8-15/h3-5,7-8,14,16-17H,6,9-13H2,1-2H3. The lowest BCUT2D eigenvalue weighted by Crippen LogP contribution is -2.55. The lowest BCUT2D eigenvalue weighted by Gasteiger charge is -2.43. The first kappa shape index (κ1) is 14.6. The van der Waals surface area contributed by atoms with Gasteiger partial charge in [-0.2, -0.15) is 0 Å². The number of carbonyl (C=O) groups excluding carboxylic acids is 1. The van der Waals surface area contributed by atoms with Crippen LogP contribution in [-0.2, 0) is 11.2 Å². The van der Waals surface area contributed by atoms with Crippen LogP contribution in [0.3, 0.4) is 0 Å². The fraction of sp³-hybridized carbons (Fsp3) is 0.611. The maximum atomic E-state index is 12.1. The van der Waals surface area contributed by atoms with Gasteiger partial charge in [-0.3, -0.25) is 9.69 Å². The van der Waals surface area contributed by atoms with Crippen LogP contribution in [0.1, 0.15) is 25.8 Å². The molecule has 3 heteroatoms. The Balaban J connectivity index is 1.43. The summed E-state index contributed by atoms with van der Waals surface area (Å²) in [4.78, 5) is 16.7. The lowest BCUT2D eigenvalue weighted by molar-refractivity contribution is -0.133. The third kappa shape index (κ3) is 3.13. The molecule has 1 aromatic carbocycles. The highest BCUT2D eigenvalue weighted by Gasteiger charge is 2.46. The van der Waals surface area contributed by atoms with Gasteiger partial charge in [0.05, 0.1) is 0 Å². The molecule has 0 aliphatic carbocycles. The van der Waals surface area contributed by atoms with Gasteiger partial charge in [-0.05, 0) is 24.9 Å². The average Bonchev–Trinajstić information content (AvgIpc) is 2.81. The fourth-order valence-electron chi connectivity index (χ4n) is 3.68. The van der Waals surface area contributed by atoms with E-state index in [1.165, 1.54) is 25.1 Å². The molecule has 1 amide bonds. The summed E-state index contributed by atoms with van der Waals surface area (Å²) in [5, 5.41) is 0. The fourth-order valence-corrected chi connectivity index (χ4v) is 3.68. The number of nitrogens with zero attached hydrogens (tertiary/aromatic N) is 2. The van der Waals surface area contributed by atoms with E-state index < -0.39 is 0 Å². The molecule has 0 aromatic heterocycles. The van der Waals surface area contributed by atoms with Crippen molar-refractivity contribution in [3.63, 3.8) is 0 Å². The van der Waals surface area contributed by atoms with Crippen molar-refractivity contribution in [1.29, 1.82) is 0 Å². The first-order valence-electron chi connectivity index (χ1n) is 8.22. The van der Waals surface area contributed by atoms with Gasteiger partial charge < -0.3 is 4.90 Å². The van der Waals surface area contributed by atoms with Crippen LogP contribution in [0, 0.1) is 11.8 Å². The Kier molecular flexibility index (Phi) is 4.29. The van der Waals surface area contributed by atoms with E-state index in [0.29, 0.717) is 11.9 Å². The first-order chi connectivity index (χ1) is 10.1. The number of rotatable bonds is 5. The summed E-state index contributed by atoms with van der Waals surface area (Å²) in [7, 11) is 0. The Bertz CT molecular complexity index is 485. The SMILES string of the molecule is CC(C)C(=O)N1CC2CN(CCCc3ccccc3)C2C1. The molecule has 2 unspecified atom stereocenters. The smallest absolute Gasteiger partial charge is 0.225 e. The van der Waals surface area contributed by atoms with E-state index in [-0.39, 0.29) is 5.92 Å². The zero-order valence-corrected chi connectivity index (χ0v) is 13.2. The molecule has 114 valence electrons. The van der Waals surface area contributed by atoms with E-state index in [4.69, 9.17) is 0 Å². The molecule has 0 spiro atoms. The number of aryl methyl sites for hydroxylation is 1. The Labute approximate surface area is 127 Å². The highest BCUT2D eigenvalue weighted by atomic mass is 16.2. The average molecular weight is 286 g/mol. The largest absolute Gasteiger partial charge is 0.341 e. The summed E-state index contributed by atoms with van der Waals surface area (Å²) in [5.74, 6) is 1.19. The number of amides is 1. The van der Waals surface area contributed by atoms with Crippen molar-refractivity contribution in [2.24, 2.45) is 11.8 Å². The summed E-state index contributed by atoms with van der Waals surface area (Å²) in [6.45, 7) is 8.28. The molecule has 21 heavy (non-hydrogen) atoms. The number of hydrogen-bond donors (Lipinski definition) is 0. The van der Waals surface area contributed by atoms with Gasteiger partial charge in [-0.1, -0.05) is 44.2 Å². The Morgan fingerprint density at radius 3 is 2.67 bits per heavy atom. The first-order valence-corrected chi connectivity index (χ1v) is 8.22. The molecule has 2 aliphatic heterocycles. The highest BCUT2D eigenvalue weighted by molar-refractivity contribution is 5.78. The number of hydrogen-bond acceptors (Lipinski definition) is 2. The normalized spacial score (nSPS) is 25.0. The maximum Gasteiger partial charge on any atom is 0.225 e. The van der Waals surface area contributed by atoms with Crippen LogP contribution < -0.4 is 0 Å². The van der Waals surface area contributed by atoms with Crippen LogP contribution >= 0.6 is 0 Å². The molecule has 2 atom stereocenters. The Hall–Kier alpha value is -1.35. The molecular weight excluding hydrogens is 260 g/mol. The predicted octanol–water partition coefficient (Wildman–Crippen LogP) is 2.42. The van der Waals surface area contributed by atoms with E-state index in [1.807, 2.05) is 13.8 Å². The summed E-state index contributed by atoms with van der Waals surface area (Å²) in [6, 6.07) is 11.3. The summed E-state index contributed by atoms with van der Waals surface area (Å²) in [5.41, 5.74) is 1.43. The quantitative estimate of drug-likeness (QED) is 0.830. The zero-order chi connectivity index (χ0) is 14.8. The Morgan fingerprint density at radius 1 is 1.19 bits per heavy atom. The van der Waals surface area contributed by atoms with Gasteiger partial charge in [0, 0.05) is 37.5 Å². The van der Waals surface area contributed by atoms with Crippen LogP contribution in [0.2, 0.25) is 0 Å². The summed E-state index contributed by atoms with van der Waals surface area (Å²) < 4.78 is 0. The van der Waals surface area contributed by atoms with Gasteiger partial charge in [-0.25, -0.2) is 0 Å². The van der Waals surface area contributed by atoms with Gasteiger partial charge in [-0.15, -0.1) is 0 Å². The van der Waals surface area contributed by atoms with E-state index in [1.54, 1.807) is 0 Å². The topological polar surface area (TPSA) is 23.6 Å². The molecule has 2 fully saturated rings. The van der Waals surface area contributed by atoms with Crippen molar-refractivity contribution in [2.75, 3.05) is 26.2 Å². The third-order valence-corrected chi connectivity index (χ3v) is 4.90. The third-order valence-electron chi connectivity index (χ3n) is 4.90. The van der Waals surface area contributed by atoms with Crippen molar-refractivity contribution in [3.8, 4) is 0 Å². The van der Waals surface area contributed by atoms with Crippen LogP contribution in [0.5, 0.6) is 0 Å². The number of fused-ring (bicyclic) bond motifs is 1. The number of carbonyl (C=O) groups is 1. The maximum absolute atomic E-state index is 12.1. The molecule has 1 aromatic rings. The van der Waals surface area contributed by atoms with Gasteiger partial charge >= 0.3 is 0 Å². The second-order valence-corrected chi connectivity index (χ2v) is 6.81. The molecule has 0 bridgehead atoms. The summed E-state index contributed by atoms with van der Waals surface area (Å²) >= 11 is 0. The number of likely N-dealkylation sites (tertiary alicyclic amines) is 2. The van der Waals surface area contributed by atoms with Gasteiger partial charge in [0.25, 0.3) is 0 Å². The molecule has 2 saturated heterocycles. The van der Waals surface area contributed by atoms with Crippen molar-refractivity contribution < 1.29 is 4.79 Å². The second kappa shape index (κ2) is 6.18. The van der Waals surface area contributed by atoms with E-state index in [0.717, 1.165) is 25.4 Å². The van der Waals surface area contributed by atoms with Gasteiger partial charge in [0.2, 0.25) is 5.91 Å². The van der Waals surface area contributed by atoms with Crippen LogP contribution in [0.15, 0.2) is 30.3 Å². The predicted molar refractivity (Wildman–Crippen MR) is 85.0 cm³/mol. The van der Waals surface area contributed by atoms with Crippen molar-refractivity contribution in [1.82, 2.24) is 9.80 Å².